The Morgan fingerprint density at radius 2 is 1.79 bits per heavy atom. The number of aryl methyl sites for hydroxylation is 2. The topological polar surface area (TPSA) is 38.5 Å². The average Bonchev–Trinajstić information content (AvgIpc) is 2.54. The third-order valence-electron chi connectivity index (χ3n) is 5.40. The molecule has 1 saturated heterocycles. The molecule has 2 N–H and O–H groups in total. The molecule has 1 aromatic carbocycles. The molecule has 0 spiro atoms. The van der Waals surface area contributed by atoms with Crippen molar-refractivity contribution in [3.8, 4) is 5.75 Å². The summed E-state index contributed by atoms with van der Waals surface area (Å²) in [6, 6.07) is 4.52. The number of benzene rings is 1. The Balaban J connectivity index is 2.16. The first-order chi connectivity index (χ1) is 11.5. The molecule has 1 aromatic rings. The fraction of sp³-hybridized carbons (Fsp3) is 0.714. The second-order valence-electron chi connectivity index (χ2n) is 7.78. The summed E-state index contributed by atoms with van der Waals surface area (Å²) in [5.74, 6) is 2.86. The Morgan fingerprint density at radius 1 is 1.17 bits per heavy atom. The molecule has 1 heterocycles. The lowest BCUT2D eigenvalue weighted by atomic mass is 9.79. The van der Waals surface area contributed by atoms with Crippen molar-refractivity contribution in [2.24, 2.45) is 17.6 Å². The summed E-state index contributed by atoms with van der Waals surface area (Å²) in [5, 5.41) is 0. The van der Waals surface area contributed by atoms with Crippen LogP contribution in [0.3, 0.4) is 0 Å². The molecule has 0 amide bonds. The van der Waals surface area contributed by atoms with Gasteiger partial charge in [0.15, 0.2) is 0 Å². The van der Waals surface area contributed by atoms with Gasteiger partial charge < -0.3 is 15.4 Å². The van der Waals surface area contributed by atoms with Gasteiger partial charge in [-0.25, -0.2) is 0 Å². The lowest BCUT2D eigenvalue weighted by Gasteiger charge is -2.37. The molecule has 3 heteroatoms. The van der Waals surface area contributed by atoms with Crippen LogP contribution >= 0.6 is 0 Å². The maximum atomic E-state index is 6.24. The first-order valence-electron chi connectivity index (χ1n) is 9.62. The van der Waals surface area contributed by atoms with Crippen molar-refractivity contribution in [1.29, 1.82) is 0 Å². The monoisotopic (exact) mass is 332 g/mol. The van der Waals surface area contributed by atoms with Gasteiger partial charge in [-0.1, -0.05) is 19.9 Å². The van der Waals surface area contributed by atoms with Crippen LogP contribution in [0.15, 0.2) is 12.1 Å². The maximum absolute atomic E-state index is 6.24. The normalized spacial score (nSPS) is 18.1. The van der Waals surface area contributed by atoms with E-state index in [1.54, 1.807) is 0 Å². The van der Waals surface area contributed by atoms with E-state index < -0.39 is 0 Å². The Labute approximate surface area is 148 Å². The number of likely N-dealkylation sites (tertiary alicyclic amines) is 1. The highest BCUT2D eigenvalue weighted by Gasteiger charge is 2.29. The van der Waals surface area contributed by atoms with E-state index in [1.165, 1.54) is 49.2 Å². The second-order valence-corrected chi connectivity index (χ2v) is 7.78. The average molecular weight is 333 g/mol. The lowest BCUT2D eigenvalue weighted by molar-refractivity contribution is 0.154. The third kappa shape index (κ3) is 4.73. The van der Waals surface area contributed by atoms with Crippen LogP contribution in [-0.4, -0.2) is 37.7 Å². The quantitative estimate of drug-likeness (QED) is 0.816. The Kier molecular flexibility index (Phi) is 7.12. The number of hydrogen-bond donors (Lipinski definition) is 1. The van der Waals surface area contributed by atoms with Crippen LogP contribution in [-0.2, 0) is 0 Å². The van der Waals surface area contributed by atoms with Crippen LogP contribution in [0, 0.1) is 25.7 Å². The van der Waals surface area contributed by atoms with E-state index in [-0.39, 0.29) is 0 Å². The SMILES string of the molecule is CCOc1cc(C)c(C)cc1C(CN)C1CCN(CC(C)C)CC1. The fourth-order valence-corrected chi connectivity index (χ4v) is 4.01. The van der Waals surface area contributed by atoms with Crippen molar-refractivity contribution in [2.75, 3.05) is 32.8 Å². The predicted octanol–water partition coefficient (Wildman–Crippen LogP) is 4.11. The Morgan fingerprint density at radius 3 is 2.33 bits per heavy atom. The highest BCUT2D eigenvalue weighted by molar-refractivity contribution is 5.44. The van der Waals surface area contributed by atoms with E-state index in [4.69, 9.17) is 10.5 Å². The third-order valence-corrected chi connectivity index (χ3v) is 5.40. The van der Waals surface area contributed by atoms with E-state index in [0.29, 0.717) is 25.0 Å². The van der Waals surface area contributed by atoms with Gasteiger partial charge in [0.05, 0.1) is 6.61 Å². The molecule has 1 fully saturated rings. The summed E-state index contributed by atoms with van der Waals surface area (Å²) in [6.07, 6.45) is 2.49. The van der Waals surface area contributed by atoms with Gasteiger partial charge in [-0.2, -0.15) is 0 Å². The molecule has 136 valence electrons. The van der Waals surface area contributed by atoms with Crippen LogP contribution in [0.25, 0.3) is 0 Å². The van der Waals surface area contributed by atoms with Gasteiger partial charge in [0.2, 0.25) is 0 Å². The molecular weight excluding hydrogens is 296 g/mol. The number of hydrogen-bond acceptors (Lipinski definition) is 3. The Bertz CT molecular complexity index is 519. The summed E-state index contributed by atoms with van der Waals surface area (Å²) < 4.78 is 5.95. The van der Waals surface area contributed by atoms with Crippen molar-refractivity contribution >= 4 is 0 Å². The predicted molar refractivity (Wildman–Crippen MR) is 103 cm³/mol. The molecule has 0 saturated carbocycles. The summed E-state index contributed by atoms with van der Waals surface area (Å²) in [6.45, 7) is 16.0. The van der Waals surface area contributed by atoms with Gasteiger partial charge in [0.25, 0.3) is 0 Å². The zero-order chi connectivity index (χ0) is 17.7. The zero-order valence-corrected chi connectivity index (χ0v) is 16.3. The first-order valence-corrected chi connectivity index (χ1v) is 9.62. The van der Waals surface area contributed by atoms with Gasteiger partial charge in [0, 0.05) is 12.5 Å². The minimum Gasteiger partial charge on any atom is -0.494 e. The van der Waals surface area contributed by atoms with Gasteiger partial charge in [-0.15, -0.1) is 0 Å². The van der Waals surface area contributed by atoms with E-state index in [9.17, 15) is 0 Å². The number of rotatable bonds is 7. The molecule has 3 nitrogen and oxygen atoms in total. The maximum Gasteiger partial charge on any atom is 0.123 e. The highest BCUT2D eigenvalue weighted by atomic mass is 16.5. The summed E-state index contributed by atoms with van der Waals surface area (Å²) in [7, 11) is 0. The van der Waals surface area contributed by atoms with Crippen molar-refractivity contribution in [2.45, 2.75) is 53.4 Å². The van der Waals surface area contributed by atoms with Crippen LogP contribution in [0.4, 0.5) is 0 Å². The van der Waals surface area contributed by atoms with Crippen LogP contribution in [0.5, 0.6) is 5.75 Å². The Hall–Kier alpha value is -1.06. The molecule has 1 atom stereocenters. The van der Waals surface area contributed by atoms with Gasteiger partial charge in [-0.3, -0.25) is 0 Å². The molecule has 2 rings (SSSR count). The molecule has 1 aliphatic heterocycles. The summed E-state index contributed by atoms with van der Waals surface area (Å²) in [4.78, 5) is 2.61. The minimum atomic E-state index is 0.409. The molecule has 1 aliphatic rings. The van der Waals surface area contributed by atoms with Crippen molar-refractivity contribution < 1.29 is 4.74 Å². The smallest absolute Gasteiger partial charge is 0.123 e. The molecule has 24 heavy (non-hydrogen) atoms. The number of piperidine rings is 1. The van der Waals surface area contributed by atoms with Crippen LogP contribution in [0.2, 0.25) is 0 Å². The van der Waals surface area contributed by atoms with Gasteiger partial charge in [-0.05, 0) is 87.8 Å². The van der Waals surface area contributed by atoms with Crippen LogP contribution in [0.1, 0.15) is 56.2 Å². The van der Waals surface area contributed by atoms with E-state index in [0.717, 1.165) is 11.7 Å². The lowest BCUT2D eigenvalue weighted by Crippen LogP contribution is -2.39. The van der Waals surface area contributed by atoms with E-state index >= 15 is 0 Å². The second kappa shape index (κ2) is 8.87. The highest BCUT2D eigenvalue weighted by Crippen LogP contribution is 2.38. The van der Waals surface area contributed by atoms with Gasteiger partial charge >= 0.3 is 0 Å². The van der Waals surface area contributed by atoms with Crippen molar-refractivity contribution in [3.63, 3.8) is 0 Å². The van der Waals surface area contributed by atoms with Crippen molar-refractivity contribution in [1.82, 2.24) is 4.90 Å². The zero-order valence-electron chi connectivity index (χ0n) is 16.3. The van der Waals surface area contributed by atoms with Crippen molar-refractivity contribution in [3.05, 3.63) is 28.8 Å². The molecule has 1 unspecified atom stereocenters. The van der Waals surface area contributed by atoms with E-state index in [2.05, 4.69) is 51.7 Å². The summed E-state index contributed by atoms with van der Waals surface area (Å²) >= 11 is 0. The molecule has 0 radical (unpaired) electrons. The number of nitrogens with zero attached hydrogens (tertiary/aromatic N) is 1. The fourth-order valence-electron chi connectivity index (χ4n) is 4.01. The molecule has 0 aromatic heterocycles. The van der Waals surface area contributed by atoms with Gasteiger partial charge in [0.1, 0.15) is 5.75 Å². The van der Waals surface area contributed by atoms with E-state index in [1.807, 2.05) is 0 Å². The number of ether oxygens (including phenoxy) is 1. The standard InChI is InChI=1S/C21H36N2O/c1-6-24-21-12-17(5)16(4)11-19(21)20(13-22)18-7-9-23(10-8-18)14-15(2)3/h11-12,15,18,20H,6-10,13-14,22H2,1-5H3. The first kappa shape index (κ1) is 19.3. The number of nitrogens with two attached hydrogens (primary N) is 1. The molecule has 0 aliphatic carbocycles. The molecule has 0 bridgehead atoms. The summed E-state index contributed by atoms with van der Waals surface area (Å²) in [5.41, 5.74) is 10.2. The molecular formula is C21H36N2O. The minimum absolute atomic E-state index is 0.409. The van der Waals surface area contributed by atoms with Crippen LogP contribution < -0.4 is 10.5 Å². The largest absolute Gasteiger partial charge is 0.494 e.